The lowest BCUT2D eigenvalue weighted by Crippen LogP contribution is -2.47. The van der Waals surface area contributed by atoms with Crippen LogP contribution in [0.2, 0.25) is 6.04 Å². The molecule has 0 radical (unpaired) electrons. The Morgan fingerprint density at radius 1 is 0.655 bits per heavy atom. The predicted octanol–water partition coefficient (Wildman–Crippen LogP) is 6.33. The van der Waals surface area contributed by atoms with Crippen LogP contribution in [0.25, 0.3) is 0 Å². The average Bonchev–Trinajstić information content (AvgIpc) is 2.58. The second kappa shape index (κ2) is 19.1. The van der Waals surface area contributed by atoms with E-state index in [0.29, 0.717) is 0 Å². The second-order valence-corrected chi connectivity index (χ2v) is 11.5. The van der Waals surface area contributed by atoms with Gasteiger partial charge in [0.1, 0.15) is 0 Å². The number of hydrogen-bond donors (Lipinski definition) is 4. The normalized spacial score (nSPS) is 13.3. The van der Waals surface area contributed by atoms with Gasteiger partial charge in [0.15, 0.2) is 0 Å². The van der Waals surface area contributed by atoms with E-state index in [9.17, 15) is 14.4 Å². The SMILES string of the molecule is CCCCCCCCCCCCCCCCCCC(C[Si](O)(O)O)C(C)(C)N.Cl. The van der Waals surface area contributed by atoms with E-state index in [0.717, 1.165) is 12.8 Å². The highest BCUT2D eigenvalue weighted by atomic mass is 35.5. The van der Waals surface area contributed by atoms with E-state index >= 15 is 0 Å². The van der Waals surface area contributed by atoms with Gasteiger partial charge in [-0.15, -0.1) is 12.4 Å². The molecule has 0 saturated heterocycles. The van der Waals surface area contributed by atoms with Crippen LogP contribution < -0.4 is 5.73 Å². The molecular formula is C23H52ClNO3Si. The number of hydrogen-bond acceptors (Lipinski definition) is 4. The van der Waals surface area contributed by atoms with E-state index in [4.69, 9.17) is 5.73 Å². The minimum atomic E-state index is -4.02. The largest absolute Gasteiger partial charge is 0.493 e. The summed E-state index contributed by atoms with van der Waals surface area (Å²) < 4.78 is 0. The fourth-order valence-corrected chi connectivity index (χ4v) is 5.40. The fraction of sp³-hybridized carbons (Fsp3) is 1.00. The Hall–Kier alpha value is 0.347. The standard InChI is InChI=1S/C23H51NO3Si.ClH/c1-4-5-6-7-8-9-10-11-12-13-14-15-16-17-18-19-20-22(23(2,3)24)21-28(25,26)27;/h22,25-27H,4-21,24H2,1-3H3;1H. The Balaban J connectivity index is 0. The van der Waals surface area contributed by atoms with E-state index in [-0.39, 0.29) is 24.4 Å². The predicted molar refractivity (Wildman–Crippen MR) is 130 cm³/mol. The molecule has 4 nitrogen and oxygen atoms in total. The van der Waals surface area contributed by atoms with Gasteiger partial charge in [-0.05, 0) is 26.2 Å². The summed E-state index contributed by atoms with van der Waals surface area (Å²) in [6.07, 6.45) is 22.4. The van der Waals surface area contributed by atoms with Crippen LogP contribution in [-0.4, -0.2) is 28.7 Å². The number of rotatable bonds is 20. The first kappa shape index (κ1) is 31.5. The molecule has 0 rings (SSSR count). The van der Waals surface area contributed by atoms with E-state index < -0.39 is 14.3 Å². The molecule has 1 atom stereocenters. The zero-order chi connectivity index (χ0) is 21.3. The monoisotopic (exact) mass is 453 g/mol. The van der Waals surface area contributed by atoms with Crippen LogP contribution in [0.5, 0.6) is 0 Å². The molecule has 0 bridgehead atoms. The molecule has 178 valence electrons. The first-order valence-electron chi connectivity index (χ1n) is 12.1. The number of unbranched alkanes of at least 4 members (excludes halogenated alkanes) is 15. The first-order chi connectivity index (χ1) is 13.2. The van der Waals surface area contributed by atoms with Crippen molar-refractivity contribution in [1.82, 2.24) is 0 Å². The summed E-state index contributed by atoms with van der Waals surface area (Å²) in [6.45, 7) is 6.09. The Kier molecular flexibility index (Phi) is 20.7. The molecule has 1 unspecified atom stereocenters. The van der Waals surface area contributed by atoms with Gasteiger partial charge in [-0.25, -0.2) is 0 Å². The van der Waals surface area contributed by atoms with Crippen LogP contribution in [0.15, 0.2) is 0 Å². The van der Waals surface area contributed by atoms with Crippen molar-refractivity contribution >= 4 is 21.2 Å². The van der Waals surface area contributed by atoms with Crippen molar-refractivity contribution in [2.24, 2.45) is 11.7 Å². The Morgan fingerprint density at radius 3 is 1.24 bits per heavy atom. The van der Waals surface area contributed by atoms with Gasteiger partial charge in [0.05, 0.1) is 0 Å². The van der Waals surface area contributed by atoms with Crippen molar-refractivity contribution < 1.29 is 14.4 Å². The molecule has 6 heteroatoms. The molecule has 0 saturated carbocycles. The Bertz CT molecular complexity index is 346. The summed E-state index contributed by atoms with van der Waals surface area (Å²) in [5.74, 6) is -0.0363. The van der Waals surface area contributed by atoms with Crippen molar-refractivity contribution in [2.75, 3.05) is 0 Å². The summed E-state index contributed by atoms with van der Waals surface area (Å²) in [5.41, 5.74) is 5.66. The number of halogens is 1. The van der Waals surface area contributed by atoms with Crippen LogP contribution in [0.3, 0.4) is 0 Å². The van der Waals surface area contributed by atoms with Gasteiger partial charge in [-0.1, -0.05) is 110 Å². The highest BCUT2D eigenvalue weighted by Gasteiger charge is 2.36. The van der Waals surface area contributed by atoms with Gasteiger partial charge in [-0.3, -0.25) is 0 Å². The summed E-state index contributed by atoms with van der Waals surface area (Å²) in [4.78, 5) is 28.1. The second-order valence-electron chi connectivity index (χ2n) is 9.59. The molecular weight excluding hydrogens is 402 g/mol. The topological polar surface area (TPSA) is 86.7 Å². The zero-order valence-electron chi connectivity index (χ0n) is 19.6. The quantitative estimate of drug-likeness (QED) is 0.128. The highest BCUT2D eigenvalue weighted by molar-refractivity contribution is 6.56. The molecule has 0 heterocycles. The van der Waals surface area contributed by atoms with Crippen LogP contribution in [0.1, 0.15) is 130 Å². The molecule has 0 aromatic heterocycles. The van der Waals surface area contributed by atoms with E-state index in [1.165, 1.54) is 96.3 Å². The molecule has 5 N–H and O–H groups in total. The van der Waals surface area contributed by atoms with Gasteiger partial charge < -0.3 is 20.1 Å². The highest BCUT2D eigenvalue weighted by Crippen LogP contribution is 2.27. The molecule has 0 aromatic carbocycles. The molecule has 0 fully saturated rings. The van der Waals surface area contributed by atoms with Crippen molar-refractivity contribution in [2.45, 2.75) is 142 Å². The Morgan fingerprint density at radius 2 is 0.966 bits per heavy atom. The van der Waals surface area contributed by atoms with E-state index in [2.05, 4.69) is 6.92 Å². The summed E-state index contributed by atoms with van der Waals surface area (Å²) in [7, 11) is -4.02. The number of nitrogens with two attached hydrogens (primary N) is 1. The van der Waals surface area contributed by atoms with Gasteiger partial charge in [0, 0.05) is 11.6 Å². The molecule has 0 amide bonds. The Labute approximate surface area is 188 Å². The minimum absolute atomic E-state index is 0. The van der Waals surface area contributed by atoms with Crippen molar-refractivity contribution in [3.63, 3.8) is 0 Å². The lowest BCUT2D eigenvalue weighted by Gasteiger charge is -2.32. The molecule has 0 aliphatic rings. The van der Waals surface area contributed by atoms with Gasteiger partial charge in [0.25, 0.3) is 0 Å². The van der Waals surface area contributed by atoms with E-state index in [1.54, 1.807) is 0 Å². The summed E-state index contributed by atoms with van der Waals surface area (Å²) >= 11 is 0. The molecule has 0 aliphatic heterocycles. The third-order valence-electron chi connectivity index (χ3n) is 5.98. The maximum atomic E-state index is 9.38. The molecule has 29 heavy (non-hydrogen) atoms. The maximum Gasteiger partial charge on any atom is 0.493 e. The third-order valence-corrected chi connectivity index (χ3v) is 7.02. The maximum absolute atomic E-state index is 9.38. The van der Waals surface area contributed by atoms with Crippen molar-refractivity contribution in [3.8, 4) is 0 Å². The molecule has 0 aliphatic carbocycles. The lowest BCUT2D eigenvalue weighted by molar-refractivity contribution is 0.197. The first-order valence-corrected chi connectivity index (χ1v) is 14.2. The van der Waals surface area contributed by atoms with E-state index in [1.807, 2.05) is 13.8 Å². The van der Waals surface area contributed by atoms with Crippen LogP contribution in [0.4, 0.5) is 0 Å². The summed E-state index contributed by atoms with van der Waals surface area (Å²) in [5, 5.41) is 0. The molecule has 0 aromatic rings. The van der Waals surface area contributed by atoms with Gasteiger partial charge in [0.2, 0.25) is 0 Å². The average molecular weight is 454 g/mol. The smallest absolute Gasteiger partial charge is 0.390 e. The van der Waals surface area contributed by atoms with Crippen molar-refractivity contribution in [3.05, 3.63) is 0 Å². The van der Waals surface area contributed by atoms with Crippen LogP contribution in [0, 0.1) is 5.92 Å². The van der Waals surface area contributed by atoms with Gasteiger partial charge >= 0.3 is 8.80 Å². The zero-order valence-corrected chi connectivity index (χ0v) is 21.4. The fourth-order valence-electron chi connectivity index (χ4n) is 4.01. The third kappa shape index (κ3) is 22.8. The van der Waals surface area contributed by atoms with Crippen LogP contribution >= 0.6 is 12.4 Å². The van der Waals surface area contributed by atoms with Crippen molar-refractivity contribution in [1.29, 1.82) is 0 Å². The minimum Gasteiger partial charge on any atom is -0.390 e. The molecule has 0 spiro atoms. The van der Waals surface area contributed by atoms with Crippen LogP contribution in [-0.2, 0) is 0 Å². The van der Waals surface area contributed by atoms with Gasteiger partial charge in [-0.2, -0.15) is 0 Å². The summed E-state index contributed by atoms with van der Waals surface area (Å²) in [6, 6.07) is 0.0508. The lowest BCUT2D eigenvalue weighted by atomic mass is 9.85.